The van der Waals surface area contributed by atoms with Crippen LogP contribution in [0.15, 0.2) is 11.4 Å². The first kappa shape index (κ1) is 14.1. The number of ether oxygens (including phenoxy) is 1. The molecule has 6 heteroatoms. The zero-order valence-electron chi connectivity index (χ0n) is 9.84. The standard InChI is InChI=1S/C11H17NO4S/c1-12-5-3-8(13)9(14)7-4-6-17-10(7)11(15)16-2/h4,6,8-9,12-14H,3,5H2,1-2H3. The molecule has 1 aromatic rings. The Balaban J connectivity index is 2.77. The van der Waals surface area contributed by atoms with Gasteiger partial charge < -0.3 is 20.3 Å². The Morgan fingerprint density at radius 3 is 2.88 bits per heavy atom. The minimum absolute atomic E-state index is 0.337. The summed E-state index contributed by atoms with van der Waals surface area (Å²) in [5.74, 6) is -0.491. The van der Waals surface area contributed by atoms with Gasteiger partial charge in [-0.05, 0) is 31.5 Å². The molecule has 3 N–H and O–H groups in total. The van der Waals surface area contributed by atoms with Crippen molar-refractivity contribution in [3.8, 4) is 0 Å². The molecule has 1 heterocycles. The van der Waals surface area contributed by atoms with Gasteiger partial charge in [0.05, 0.1) is 13.2 Å². The smallest absolute Gasteiger partial charge is 0.348 e. The second-order valence-electron chi connectivity index (χ2n) is 3.60. The number of thiophene rings is 1. The van der Waals surface area contributed by atoms with Gasteiger partial charge in [-0.1, -0.05) is 0 Å². The van der Waals surface area contributed by atoms with E-state index in [1.807, 2.05) is 0 Å². The molecule has 17 heavy (non-hydrogen) atoms. The Morgan fingerprint density at radius 2 is 2.29 bits per heavy atom. The van der Waals surface area contributed by atoms with Crippen molar-refractivity contribution >= 4 is 17.3 Å². The van der Waals surface area contributed by atoms with Gasteiger partial charge in [0.1, 0.15) is 11.0 Å². The van der Waals surface area contributed by atoms with Crippen molar-refractivity contribution in [3.63, 3.8) is 0 Å². The Morgan fingerprint density at radius 1 is 1.59 bits per heavy atom. The number of carbonyl (C=O) groups is 1. The van der Waals surface area contributed by atoms with Crippen molar-refractivity contribution in [3.05, 3.63) is 21.9 Å². The van der Waals surface area contributed by atoms with E-state index in [4.69, 9.17) is 0 Å². The lowest BCUT2D eigenvalue weighted by Gasteiger charge is -2.17. The van der Waals surface area contributed by atoms with E-state index in [2.05, 4.69) is 10.1 Å². The Bertz CT molecular complexity index is 366. The van der Waals surface area contributed by atoms with E-state index >= 15 is 0 Å². The van der Waals surface area contributed by atoms with E-state index in [-0.39, 0.29) is 0 Å². The Labute approximate surface area is 104 Å². The number of methoxy groups -OCH3 is 1. The van der Waals surface area contributed by atoms with Crippen molar-refractivity contribution in [1.82, 2.24) is 5.32 Å². The molecule has 2 unspecified atom stereocenters. The van der Waals surface area contributed by atoms with E-state index in [0.717, 1.165) is 0 Å². The van der Waals surface area contributed by atoms with Gasteiger partial charge in [-0.3, -0.25) is 0 Å². The predicted molar refractivity (Wildman–Crippen MR) is 65.2 cm³/mol. The van der Waals surface area contributed by atoms with E-state index in [1.54, 1.807) is 18.5 Å². The fraction of sp³-hybridized carbons (Fsp3) is 0.545. The fourth-order valence-electron chi connectivity index (χ4n) is 1.47. The van der Waals surface area contributed by atoms with Gasteiger partial charge in [0.15, 0.2) is 0 Å². The zero-order chi connectivity index (χ0) is 12.8. The molecule has 0 aliphatic rings. The van der Waals surface area contributed by atoms with Crippen molar-refractivity contribution in [2.75, 3.05) is 20.7 Å². The van der Waals surface area contributed by atoms with E-state index in [1.165, 1.54) is 18.4 Å². The molecule has 96 valence electrons. The number of hydrogen-bond acceptors (Lipinski definition) is 6. The maximum atomic E-state index is 11.4. The van der Waals surface area contributed by atoms with Crippen LogP contribution in [0.3, 0.4) is 0 Å². The number of esters is 1. The Kier molecular flexibility index (Phi) is 5.57. The van der Waals surface area contributed by atoms with E-state index in [9.17, 15) is 15.0 Å². The summed E-state index contributed by atoms with van der Waals surface area (Å²) in [6, 6.07) is 1.63. The normalized spacial score (nSPS) is 14.4. The molecule has 0 bridgehead atoms. The highest BCUT2D eigenvalue weighted by Crippen LogP contribution is 2.27. The van der Waals surface area contributed by atoms with Crippen LogP contribution in [0.1, 0.15) is 27.8 Å². The lowest BCUT2D eigenvalue weighted by molar-refractivity contribution is 0.0132. The molecule has 0 saturated heterocycles. The molecule has 5 nitrogen and oxygen atoms in total. The molecule has 0 amide bonds. The third-order valence-electron chi connectivity index (χ3n) is 2.44. The topological polar surface area (TPSA) is 78.8 Å². The van der Waals surface area contributed by atoms with Gasteiger partial charge in [0.25, 0.3) is 0 Å². The molecule has 0 aliphatic heterocycles. The monoisotopic (exact) mass is 259 g/mol. The molecule has 0 saturated carbocycles. The first-order valence-electron chi connectivity index (χ1n) is 5.28. The molecule has 1 rings (SSSR count). The summed E-state index contributed by atoms with van der Waals surface area (Å²) in [5.41, 5.74) is 0.422. The van der Waals surface area contributed by atoms with Gasteiger partial charge in [0, 0.05) is 5.56 Å². The van der Waals surface area contributed by atoms with Crippen molar-refractivity contribution in [1.29, 1.82) is 0 Å². The van der Waals surface area contributed by atoms with Crippen LogP contribution in [0.5, 0.6) is 0 Å². The van der Waals surface area contributed by atoms with Crippen LogP contribution in [0, 0.1) is 0 Å². The molecule has 1 aromatic heterocycles. The van der Waals surface area contributed by atoms with Crippen LogP contribution in [0.25, 0.3) is 0 Å². The van der Waals surface area contributed by atoms with Gasteiger partial charge in [-0.15, -0.1) is 11.3 Å². The maximum Gasteiger partial charge on any atom is 0.348 e. The molecule has 0 aliphatic carbocycles. The molecular weight excluding hydrogens is 242 g/mol. The van der Waals surface area contributed by atoms with Crippen LogP contribution >= 0.6 is 11.3 Å². The molecule has 0 spiro atoms. The van der Waals surface area contributed by atoms with Gasteiger partial charge in [-0.2, -0.15) is 0 Å². The molecule has 2 atom stereocenters. The Hall–Kier alpha value is -0.950. The number of carbonyl (C=O) groups excluding carboxylic acids is 1. The van der Waals surface area contributed by atoms with Crippen LogP contribution in [-0.2, 0) is 4.74 Å². The summed E-state index contributed by atoms with van der Waals surface area (Å²) in [7, 11) is 3.05. The average Bonchev–Trinajstić information content (AvgIpc) is 2.82. The van der Waals surface area contributed by atoms with Gasteiger partial charge >= 0.3 is 5.97 Å². The highest BCUT2D eigenvalue weighted by atomic mass is 32.1. The average molecular weight is 259 g/mol. The van der Waals surface area contributed by atoms with Gasteiger partial charge in [-0.25, -0.2) is 4.79 Å². The van der Waals surface area contributed by atoms with Crippen molar-refractivity contribution in [2.24, 2.45) is 0 Å². The highest BCUT2D eigenvalue weighted by Gasteiger charge is 2.24. The third-order valence-corrected chi connectivity index (χ3v) is 3.35. The lowest BCUT2D eigenvalue weighted by Crippen LogP contribution is -2.24. The second-order valence-corrected chi connectivity index (χ2v) is 4.52. The van der Waals surface area contributed by atoms with Crippen LogP contribution in [0.4, 0.5) is 0 Å². The van der Waals surface area contributed by atoms with Crippen molar-refractivity contribution < 1.29 is 19.7 Å². The number of hydrogen-bond donors (Lipinski definition) is 3. The van der Waals surface area contributed by atoms with E-state index in [0.29, 0.717) is 23.4 Å². The fourth-order valence-corrected chi connectivity index (χ4v) is 2.32. The van der Waals surface area contributed by atoms with E-state index < -0.39 is 18.2 Å². The van der Waals surface area contributed by atoms with Crippen LogP contribution in [-0.4, -0.2) is 43.0 Å². The predicted octanol–water partition coefficient (Wildman–Crippen LogP) is 0.539. The molecule has 0 fully saturated rings. The highest BCUT2D eigenvalue weighted by molar-refractivity contribution is 7.12. The quantitative estimate of drug-likeness (QED) is 0.650. The SMILES string of the molecule is CNCCC(O)C(O)c1ccsc1C(=O)OC. The maximum absolute atomic E-state index is 11.4. The largest absolute Gasteiger partial charge is 0.465 e. The van der Waals surface area contributed by atoms with Crippen LogP contribution < -0.4 is 5.32 Å². The number of rotatable bonds is 6. The molecular formula is C11H17NO4S. The molecule has 0 aromatic carbocycles. The zero-order valence-corrected chi connectivity index (χ0v) is 10.7. The summed E-state index contributed by atoms with van der Waals surface area (Å²) >= 11 is 1.19. The minimum atomic E-state index is -1.07. The van der Waals surface area contributed by atoms with Crippen LogP contribution in [0.2, 0.25) is 0 Å². The first-order chi connectivity index (χ1) is 8.11. The number of nitrogens with one attached hydrogen (secondary N) is 1. The van der Waals surface area contributed by atoms with Crippen molar-refractivity contribution in [2.45, 2.75) is 18.6 Å². The van der Waals surface area contributed by atoms with Gasteiger partial charge in [0.2, 0.25) is 0 Å². The molecule has 0 radical (unpaired) electrons. The number of aliphatic hydroxyl groups is 2. The summed E-state index contributed by atoms with van der Waals surface area (Å²) < 4.78 is 4.61. The minimum Gasteiger partial charge on any atom is -0.465 e. The number of aliphatic hydroxyl groups excluding tert-OH is 2. The summed E-state index contributed by atoms with van der Waals surface area (Å²) in [4.78, 5) is 11.8. The third kappa shape index (κ3) is 3.50. The lowest BCUT2D eigenvalue weighted by atomic mass is 10.0. The summed E-state index contributed by atoms with van der Waals surface area (Å²) in [5, 5.41) is 24.3. The first-order valence-corrected chi connectivity index (χ1v) is 6.16. The summed E-state index contributed by atoms with van der Waals surface area (Å²) in [6.07, 6.45) is -1.56. The second kappa shape index (κ2) is 6.70. The summed E-state index contributed by atoms with van der Waals surface area (Å²) in [6.45, 7) is 0.593.